The minimum atomic E-state index is -1.79. The van der Waals surface area contributed by atoms with Gasteiger partial charge >= 0.3 is 11.9 Å². The Hall–Kier alpha value is -6.15. The fourth-order valence-corrected chi connectivity index (χ4v) is 5.27. The first-order valence-corrected chi connectivity index (χ1v) is 19.1. The Balaban J connectivity index is 6.44. The van der Waals surface area contributed by atoms with Gasteiger partial charge in [-0.05, 0) is 50.9 Å². The van der Waals surface area contributed by atoms with Crippen LogP contribution in [0, 0.1) is 5.92 Å². The Morgan fingerprint density at radius 3 is 1.60 bits per heavy atom. The third-order valence-corrected chi connectivity index (χ3v) is 8.31. The number of aliphatic carboxylic acids is 2. The zero-order valence-corrected chi connectivity index (χ0v) is 33.8. The van der Waals surface area contributed by atoms with Gasteiger partial charge in [0, 0.05) is 13.0 Å². The molecule has 0 aromatic carbocycles. The van der Waals surface area contributed by atoms with Gasteiger partial charge in [-0.25, -0.2) is 4.79 Å². The highest BCUT2D eigenvalue weighted by molar-refractivity contribution is 5.98. The summed E-state index contributed by atoms with van der Waals surface area (Å²) in [5.74, 6) is -10.9. The lowest BCUT2D eigenvalue weighted by Gasteiger charge is -2.27. The van der Waals surface area contributed by atoms with E-state index in [4.69, 9.17) is 33.1 Å². The number of carboxylic acid groups (broad SMARTS) is 2. The molecule has 26 heteroatoms. The van der Waals surface area contributed by atoms with E-state index in [-0.39, 0.29) is 56.9 Å². The molecule has 0 heterocycles. The predicted octanol–water partition coefficient (Wildman–Crippen LogP) is -7.70. The number of amides is 8. The first-order chi connectivity index (χ1) is 28.1. The molecule has 0 fully saturated rings. The van der Waals surface area contributed by atoms with Crippen molar-refractivity contribution in [2.45, 2.75) is 108 Å². The number of quaternary nitrogens is 1. The lowest BCUT2D eigenvalue weighted by atomic mass is 10.0. The molecule has 8 amide bonds. The number of hydrogen-bond acceptors (Lipinski definition) is 13. The molecule has 0 aliphatic carbocycles. The number of primary amides is 1. The summed E-state index contributed by atoms with van der Waals surface area (Å²) < 4.78 is 0. The Kier molecular flexibility index (Phi) is 26.1. The monoisotopic (exact) mass is 860 g/mol. The van der Waals surface area contributed by atoms with Gasteiger partial charge in [0.2, 0.25) is 47.3 Å². The van der Waals surface area contributed by atoms with E-state index in [9.17, 15) is 53.1 Å². The summed E-state index contributed by atoms with van der Waals surface area (Å²) in [6.07, 6.45) is -0.523. The SMILES string of the molecule is CC(C)C[C@H](NC(=O)[C@H](CCCN=C(N)N)NC(=O)[C@H](CCCC[NH3+])NC(=O)[C@H](CCC(N)=O)NC(=O)CN)C(=O)N[C@@H](CC(=O)O)C(=O)NCC(=O)N[C@H](CO)C(=O)O. The van der Waals surface area contributed by atoms with E-state index >= 15 is 0 Å². The Morgan fingerprint density at radius 2 is 1.13 bits per heavy atom. The summed E-state index contributed by atoms with van der Waals surface area (Å²) >= 11 is 0. The van der Waals surface area contributed by atoms with E-state index in [2.05, 4.69) is 42.6 Å². The molecule has 21 N–H and O–H groups in total. The highest BCUT2D eigenvalue weighted by Gasteiger charge is 2.33. The molecule has 6 atom stereocenters. The normalized spacial score (nSPS) is 13.8. The first kappa shape index (κ1) is 53.8. The number of aliphatic hydroxyl groups excluding tert-OH is 1. The number of carboxylic acids is 2. The second-order valence-electron chi connectivity index (χ2n) is 14.0. The number of nitrogens with one attached hydrogen (secondary N) is 7. The van der Waals surface area contributed by atoms with Crippen LogP contribution in [0.25, 0.3) is 0 Å². The number of nitrogens with two attached hydrogens (primary N) is 4. The van der Waals surface area contributed by atoms with Gasteiger partial charge in [0.25, 0.3) is 0 Å². The third-order valence-electron chi connectivity index (χ3n) is 8.31. The summed E-state index contributed by atoms with van der Waals surface area (Å²) in [7, 11) is 0. The van der Waals surface area contributed by atoms with Gasteiger partial charge in [-0.2, -0.15) is 0 Å². The molecule has 0 unspecified atom stereocenters. The van der Waals surface area contributed by atoms with Crippen molar-refractivity contribution in [1.82, 2.24) is 37.2 Å². The van der Waals surface area contributed by atoms with Crippen molar-refractivity contribution in [2.24, 2.45) is 33.8 Å². The van der Waals surface area contributed by atoms with E-state index in [1.807, 2.05) is 5.32 Å². The lowest BCUT2D eigenvalue weighted by Crippen LogP contribution is -2.59. The van der Waals surface area contributed by atoms with E-state index in [1.54, 1.807) is 13.8 Å². The number of carbonyl (C=O) groups excluding carboxylic acids is 8. The molecule has 0 spiro atoms. The molecule has 26 nitrogen and oxygen atoms in total. The van der Waals surface area contributed by atoms with E-state index < -0.39 is 122 Å². The number of aliphatic imine (C=N–C) groups is 1. The number of hydrogen-bond donors (Lipinski definition) is 15. The summed E-state index contributed by atoms with van der Waals surface area (Å²) in [6.45, 7) is 1.62. The van der Waals surface area contributed by atoms with Crippen molar-refractivity contribution in [3.8, 4) is 0 Å². The molecular formula is C34H62N13O13+. The van der Waals surface area contributed by atoms with Crippen molar-refractivity contribution in [1.29, 1.82) is 0 Å². The van der Waals surface area contributed by atoms with Gasteiger partial charge < -0.3 is 81.2 Å². The highest BCUT2D eigenvalue weighted by Crippen LogP contribution is 2.10. The van der Waals surface area contributed by atoms with Crippen LogP contribution in [0.5, 0.6) is 0 Å². The van der Waals surface area contributed by atoms with Gasteiger partial charge in [0.15, 0.2) is 5.96 Å². The minimum absolute atomic E-state index is 0.0188. The fraction of sp³-hybridized carbons (Fsp3) is 0.676. The fourth-order valence-electron chi connectivity index (χ4n) is 5.27. The molecule has 60 heavy (non-hydrogen) atoms. The smallest absolute Gasteiger partial charge is 0.328 e. The van der Waals surface area contributed by atoms with Gasteiger partial charge in [0.1, 0.15) is 36.3 Å². The number of carbonyl (C=O) groups is 10. The third kappa shape index (κ3) is 23.3. The number of rotatable bonds is 31. The molecule has 0 rings (SSSR count). The number of unbranched alkanes of at least 4 members (excludes halogenated alkanes) is 1. The zero-order valence-electron chi connectivity index (χ0n) is 33.8. The van der Waals surface area contributed by atoms with Crippen LogP contribution in [0.2, 0.25) is 0 Å². The van der Waals surface area contributed by atoms with Gasteiger partial charge in [-0.3, -0.25) is 48.1 Å². The summed E-state index contributed by atoms with van der Waals surface area (Å²) in [5.41, 5.74) is 25.2. The average Bonchev–Trinajstić information content (AvgIpc) is 3.16. The molecular weight excluding hydrogens is 798 g/mol. The van der Waals surface area contributed by atoms with Crippen LogP contribution in [0.15, 0.2) is 4.99 Å². The highest BCUT2D eigenvalue weighted by atomic mass is 16.4. The van der Waals surface area contributed by atoms with E-state index in [0.29, 0.717) is 19.4 Å². The van der Waals surface area contributed by atoms with Crippen molar-refractivity contribution in [3.63, 3.8) is 0 Å². The van der Waals surface area contributed by atoms with Gasteiger partial charge in [-0.1, -0.05) is 13.8 Å². The summed E-state index contributed by atoms with van der Waals surface area (Å²) in [5, 5.41) is 43.8. The molecule has 0 aromatic rings. The van der Waals surface area contributed by atoms with E-state index in [0.717, 1.165) is 0 Å². The van der Waals surface area contributed by atoms with Crippen molar-refractivity contribution >= 4 is 65.2 Å². The quantitative estimate of drug-likeness (QED) is 0.0175. The number of aliphatic hydroxyl groups is 1. The standard InChI is InChI=1S/C34H61N13O13/c1-17(2)12-21(32(58)47-22(13-27(52)53)28(54)41-15-26(51)43-23(16-48)33(59)60)46-30(56)19(7-5-11-40-34(38)39)45-29(55)18(6-3-4-10-35)44-31(57)20(8-9-24(37)49)42-25(50)14-36/h17-23,48H,3-16,35-36H2,1-2H3,(H2,37,49)(H,41,54)(H,42,50)(H,43,51)(H,44,57)(H,45,55)(H,46,56)(H,47,58)(H,52,53)(H,59,60)(H4,38,39,40)/p+1/t18-,19-,20-,21-,22-,23+/m0/s1. The molecule has 340 valence electrons. The average molecular weight is 861 g/mol. The topological polar surface area (TPSA) is 460 Å². The van der Waals surface area contributed by atoms with Crippen LogP contribution in [0.3, 0.4) is 0 Å². The van der Waals surface area contributed by atoms with E-state index in [1.165, 1.54) is 0 Å². The van der Waals surface area contributed by atoms with Crippen molar-refractivity contribution in [3.05, 3.63) is 0 Å². The molecule has 0 aromatic heterocycles. The van der Waals surface area contributed by atoms with Crippen LogP contribution in [0.1, 0.15) is 71.6 Å². The van der Waals surface area contributed by atoms with Crippen LogP contribution >= 0.6 is 0 Å². The molecule has 0 radical (unpaired) electrons. The van der Waals surface area contributed by atoms with Crippen LogP contribution in [0.4, 0.5) is 0 Å². The molecule has 0 aliphatic heterocycles. The van der Waals surface area contributed by atoms with Crippen molar-refractivity contribution in [2.75, 3.05) is 32.8 Å². The Bertz CT molecular complexity index is 1530. The minimum Gasteiger partial charge on any atom is -0.481 e. The number of nitrogens with zero attached hydrogens (tertiary/aromatic N) is 1. The second kappa shape index (κ2) is 29.1. The second-order valence-corrected chi connectivity index (χ2v) is 14.0. The first-order valence-electron chi connectivity index (χ1n) is 19.1. The molecule has 0 aliphatic rings. The largest absolute Gasteiger partial charge is 0.481 e. The Morgan fingerprint density at radius 1 is 0.633 bits per heavy atom. The predicted molar refractivity (Wildman–Crippen MR) is 210 cm³/mol. The molecule has 0 saturated heterocycles. The maximum Gasteiger partial charge on any atom is 0.328 e. The molecule has 0 bridgehead atoms. The number of guanidine groups is 1. The van der Waals surface area contributed by atoms with Gasteiger partial charge in [0.05, 0.1) is 32.7 Å². The summed E-state index contributed by atoms with van der Waals surface area (Å²) in [4.78, 5) is 130. The Labute approximate surface area is 345 Å². The van der Waals surface area contributed by atoms with Crippen LogP contribution in [-0.4, -0.2) is 150 Å². The maximum atomic E-state index is 13.9. The van der Waals surface area contributed by atoms with Crippen LogP contribution < -0.4 is 65.9 Å². The summed E-state index contributed by atoms with van der Waals surface area (Å²) in [6, 6.07) is -8.88. The van der Waals surface area contributed by atoms with Gasteiger partial charge in [-0.15, -0.1) is 0 Å². The zero-order chi connectivity index (χ0) is 45.9. The lowest BCUT2D eigenvalue weighted by molar-refractivity contribution is -0.368. The van der Waals surface area contributed by atoms with Crippen molar-refractivity contribution < 1.29 is 69.0 Å². The maximum absolute atomic E-state index is 13.9. The van der Waals surface area contributed by atoms with Crippen LogP contribution in [-0.2, 0) is 47.9 Å². The molecule has 0 saturated carbocycles.